The number of amides is 2. The predicted octanol–water partition coefficient (Wildman–Crippen LogP) is 3.17. The lowest BCUT2D eigenvalue weighted by molar-refractivity contribution is -0.153. The summed E-state index contributed by atoms with van der Waals surface area (Å²) < 4.78 is 41.6. The van der Waals surface area contributed by atoms with Crippen LogP contribution in [-0.4, -0.2) is 48.5 Å². The summed E-state index contributed by atoms with van der Waals surface area (Å²) in [5.74, 6) is 0.305. The van der Waals surface area contributed by atoms with Gasteiger partial charge in [-0.3, -0.25) is 0 Å². The molecule has 0 aromatic heterocycles. The van der Waals surface area contributed by atoms with Crippen molar-refractivity contribution in [3.8, 4) is 5.75 Å². The number of carbonyl (C=O) groups excluding carboxylic acids is 1. The van der Waals surface area contributed by atoms with Crippen LogP contribution in [0.1, 0.15) is 18.4 Å². The number of nitrogens with zero attached hydrogens (tertiary/aromatic N) is 1. The molecule has 0 bridgehead atoms. The molecular formula is C16H21F3N2O3. The normalized spacial score (nSPS) is 16.1. The molecule has 1 aromatic rings. The summed E-state index contributed by atoms with van der Waals surface area (Å²) in [7, 11) is 0. The second kappa shape index (κ2) is 7.74. The highest BCUT2D eigenvalue weighted by atomic mass is 19.4. The van der Waals surface area contributed by atoms with E-state index in [2.05, 4.69) is 5.32 Å². The number of carbonyl (C=O) groups is 1. The number of anilines is 1. The van der Waals surface area contributed by atoms with E-state index in [9.17, 15) is 18.0 Å². The van der Waals surface area contributed by atoms with E-state index in [1.54, 1.807) is 17.9 Å². The maximum absolute atomic E-state index is 12.3. The van der Waals surface area contributed by atoms with Crippen LogP contribution in [0.3, 0.4) is 0 Å². The van der Waals surface area contributed by atoms with Gasteiger partial charge >= 0.3 is 12.2 Å². The Morgan fingerprint density at radius 1 is 1.38 bits per heavy atom. The van der Waals surface area contributed by atoms with Crippen molar-refractivity contribution in [1.29, 1.82) is 0 Å². The first-order chi connectivity index (χ1) is 11.3. The van der Waals surface area contributed by atoms with Crippen molar-refractivity contribution < 1.29 is 27.8 Å². The highest BCUT2D eigenvalue weighted by Crippen LogP contribution is 2.28. The lowest BCUT2D eigenvalue weighted by Gasteiger charge is -2.31. The zero-order valence-corrected chi connectivity index (χ0v) is 13.4. The molecule has 0 aliphatic carbocycles. The van der Waals surface area contributed by atoms with Crippen LogP contribution in [0.4, 0.5) is 23.7 Å². The van der Waals surface area contributed by atoms with Gasteiger partial charge in [-0.1, -0.05) is 6.07 Å². The molecule has 0 spiro atoms. The van der Waals surface area contributed by atoms with E-state index < -0.39 is 12.8 Å². The number of rotatable bonds is 4. The number of halogens is 3. The minimum absolute atomic E-state index is 0.0871. The zero-order valence-electron chi connectivity index (χ0n) is 13.4. The lowest BCUT2D eigenvalue weighted by atomic mass is 9.98. The molecule has 5 nitrogen and oxygen atoms in total. The van der Waals surface area contributed by atoms with E-state index >= 15 is 0 Å². The maximum Gasteiger partial charge on any atom is 0.422 e. The van der Waals surface area contributed by atoms with Crippen molar-refractivity contribution in [2.45, 2.75) is 25.9 Å². The van der Waals surface area contributed by atoms with Crippen LogP contribution in [-0.2, 0) is 0 Å². The minimum atomic E-state index is -4.41. The topological polar surface area (TPSA) is 61.8 Å². The Morgan fingerprint density at radius 2 is 2.04 bits per heavy atom. The quantitative estimate of drug-likeness (QED) is 0.880. The van der Waals surface area contributed by atoms with Gasteiger partial charge in [-0.25, -0.2) is 4.79 Å². The largest absolute Gasteiger partial charge is 0.484 e. The van der Waals surface area contributed by atoms with E-state index in [4.69, 9.17) is 9.84 Å². The van der Waals surface area contributed by atoms with E-state index in [1.807, 2.05) is 0 Å². The van der Waals surface area contributed by atoms with Gasteiger partial charge in [0.1, 0.15) is 5.75 Å². The van der Waals surface area contributed by atoms with Gasteiger partial charge < -0.3 is 20.1 Å². The number of aliphatic hydroxyl groups is 1. The third-order valence-corrected chi connectivity index (χ3v) is 4.08. The molecule has 1 fully saturated rings. The molecular weight excluding hydrogens is 325 g/mol. The zero-order chi connectivity index (χ0) is 17.7. The van der Waals surface area contributed by atoms with Crippen molar-refractivity contribution in [2.24, 2.45) is 5.92 Å². The lowest BCUT2D eigenvalue weighted by Crippen LogP contribution is -2.41. The average molecular weight is 346 g/mol. The fraction of sp³-hybridized carbons (Fsp3) is 0.562. The maximum atomic E-state index is 12.3. The van der Waals surface area contributed by atoms with E-state index in [1.165, 1.54) is 12.1 Å². The first-order valence-electron chi connectivity index (χ1n) is 7.76. The molecule has 2 N–H and O–H groups in total. The van der Waals surface area contributed by atoms with Gasteiger partial charge in [0.05, 0.1) is 0 Å². The second-order valence-corrected chi connectivity index (χ2v) is 5.88. The molecule has 1 aliphatic rings. The van der Waals surface area contributed by atoms with Crippen LogP contribution in [0.25, 0.3) is 0 Å². The molecule has 1 aromatic carbocycles. The summed E-state index contributed by atoms with van der Waals surface area (Å²) in [4.78, 5) is 13.9. The monoisotopic (exact) mass is 346 g/mol. The molecule has 2 amide bonds. The Morgan fingerprint density at radius 3 is 2.62 bits per heavy atom. The summed E-state index contributed by atoms with van der Waals surface area (Å²) in [6.45, 7) is 1.42. The molecule has 24 heavy (non-hydrogen) atoms. The molecule has 1 saturated heterocycles. The summed E-state index contributed by atoms with van der Waals surface area (Å²) in [5, 5.41) is 11.8. The predicted molar refractivity (Wildman–Crippen MR) is 83.1 cm³/mol. The Balaban J connectivity index is 1.98. The summed E-state index contributed by atoms with van der Waals surface area (Å²) in [5.41, 5.74) is 0.865. The number of ether oxygens (including phenoxy) is 1. The number of urea groups is 1. The van der Waals surface area contributed by atoms with Crippen molar-refractivity contribution in [3.05, 3.63) is 23.8 Å². The standard InChI is InChI=1S/C16H21F3N2O3/c1-11-13(3-2-4-14(11)24-10-16(17,18)19)20-15(23)21-7-5-12(9-22)6-8-21/h2-4,12,22H,5-10H2,1H3,(H,20,23). The van der Waals surface area contributed by atoms with Crippen LogP contribution in [0.5, 0.6) is 5.75 Å². The van der Waals surface area contributed by atoms with Gasteiger partial charge in [-0.2, -0.15) is 13.2 Å². The smallest absolute Gasteiger partial charge is 0.422 e. The number of benzene rings is 1. The summed E-state index contributed by atoms with van der Waals surface area (Å²) >= 11 is 0. The summed E-state index contributed by atoms with van der Waals surface area (Å²) in [6.07, 6.45) is -2.95. The Hall–Kier alpha value is -1.96. The van der Waals surface area contributed by atoms with Crippen LogP contribution in [0, 0.1) is 12.8 Å². The SMILES string of the molecule is Cc1c(NC(=O)N2CCC(CO)CC2)cccc1OCC(F)(F)F. The number of hydrogen-bond donors (Lipinski definition) is 2. The Kier molecular flexibility index (Phi) is 5.93. The van der Waals surface area contributed by atoms with Crippen molar-refractivity contribution in [2.75, 3.05) is 31.6 Å². The van der Waals surface area contributed by atoms with E-state index in [0.717, 1.165) is 12.8 Å². The molecule has 0 radical (unpaired) electrons. The molecule has 8 heteroatoms. The molecule has 1 aliphatic heterocycles. The van der Waals surface area contributed by atoms with Gasteiger partial charge in [0.25, 0.3) is 0 Å². The Labute approximate surface area is 138 Å². The van der Waals surface area contributed by atoms with Crippen molar-refractivity contribution in [1.82, 2.24) is 4.90 Å². The van der Waals surface area contributed by atoms with E-state index in [0.29, 0.717) is 24.3 Å². The fourth-order valence-electron chi connectivity index (χ4n) is 2.58. The average Bonchev–Trinajstić information content (AvgIpc) is 2.55. The van der Waals surface area contributed by atoms with Gasteiger partial charge in [0.2, 0.25) is 0 Å². The molecule has 0 saturated carbocycles. The fourth-order valence-corrected chi connectivity index (χ4v) is 2.58. The molecule has 0 atom stereocenters. The second-order valence-electron chi connectivity index (χ2n) is 5.88. The van der Waals surface area contributed by atoms with Crippen LogP contribution >= 0.6 is 0 Å². The van der Waals surface area contributed by atoms with Gasteiger partial charge in [-0.15, -0.1) is 0 Å². The van der Waals surface area contributed by atoms with Crippen LogP contribution < -0.4 is 10.1 Å². The first kappa shape index (κ1) is 18.4. The highest BCUT2D eigenvalue weighted by Gasteiger charge is 2.29. The van der Waals surface area contributed by atoms with Gasteiger partial charge in [0.15, 0.2) is 6.61 Å². The van der Waals surface area contributed by atoms with Crippen molar-refractivity contribution >= 4 is 11.7 Å². The van der Waals surface area contributed by atoms with Crippen LogP contribution in [0.15, 0.2) is 18.2 Å². The van der Waals surface area contributed by atoms with E-state index in [-0.39, 0.29) is 24.3 Å². The molecule has 134 valence electrons. The number of aliphatic hydroxyl groups excluding tert-OH is 1. The summed E-state index contributed by atoms with van der Waals surface area (Å²) in [6, 6.07) is 4.28. The number of alkyl halides is 3. The van der Waals surface area contributed by atoms with Gasteiger partial charge in [-0.05, 0) is 37.8 Å². The van der Waals surface area contributed by atoms with Crippen LogP contribution in [0.2, 0.25) is 0 Å². The Bertz CT molecular complexity index is 570. The van der Waals surface area contributed by atoms with Crippen molar-refractivity contribution in [3.63, 3.8) is 0 Å². The number of piperidine rings is 1. The third-order valence-electron chi connectivity index (χ3n) is 4.08. The molecule has 1 heterocycles. The third kappa shape index (κ3) is 5.02. The number of likely N-dealkylation sites (tertiary alicyclic amines) is 1. The first-order valence-corrected chi connectivity index (χ1v) is 7.76. The van der Waals surface area contributed by atoms with Gasteiger partial charge in [0, 0.05) is 30.9 Å². The highest BCUT2D eigenvalue weighted by molar-refractivity contribution is 5.90. The molecule has 0 unspecified atom stereocenters. The molecule has 2 rings (SSSR count). The number of nitrogens with one attached hydrogen (secondary N) is 1. The number of hydrogen-bond acceptors (Lipinski definition) is 3. The minimum Gasteiger partial charge on any atom is -0.484 e.